The van der Waals surface area contributed by atoms with Crippen LogP contribution in [0, 0.1) is 0 Å². The minimum atomic E-state index is -0.758. The van der Waals surface area contributed by atoms with E-state index in [2.05, 4.69) is 25.7 Å². The van der Waals surface area contributed by atoms with Crippen LogP contribution in [-0.4, -0.2) is 73.1 Å². The fourth-order valence-corrected chi connectivity index (χ4v) is 5.00. The number of carbonyl (C=O) groups is 2. The van der Waals surface area contributed by atoms with E-state index in [1.54, 1.807) is 42.3 Å². The molecule has 1 saturated heterocycles. The zero-order valence-electron chi connectivity index (χ0n) is 24.6. The van der Waals surface area contributed by atoms with Crippen molar-refractivity contribution in [3.63, 3.8) is 0 Å². The molecule has 1 aliphatic rings. The maximum Gasteiger partial charge on any atom is 0.295 e. The molecule has 1 fully saturated rings. The van der Waals surface area contributed by atoms with Gasteiger partial charge in [-0.15, -0.1) is 0 Å². The second-order valence-corrected chi connectivity index (χ2v) is 9.80. The van der Waals surface area contributed by atoms with Gasteiger partial charge >= 0.3 is 0 Å². The number of ether oxygens (including phenoxy) is 3. The van der Waals surface area contributed by atoms with E-state index in [1.807, 2.05) is 19.1 Å². The van der Waals surface area contributed by atoms with E-state index >= 15 is 0 Å². The van der Waals surface area contributed by atoms with Gasteiger partial charge in [0.05, 0.1) is 31.9 Å². The van der Waals surface area contributed by atoms with Gasteiger partial charge in [0.2, 0.25) is 0 Å². The Morgan fingerprint density at radius 3 is 2.27 bits per heavy atom. The number of amides is 1. The third-order valence-corrected chi connectivity index (χ3v) is 7.26. The molecule has 1 N–H and O–H groups in total. The van der Waals surface area contributed by atoms with Crippen LogP contribution in [0.5, 0.6) is 17.2 Å². The topological polar surface area (TPSA) is 88.5 Å². The smallest absolute Gasteiger partial charge is 0.295 e. The number of likely N-dealkylation sites (tertiary alicyclic amines) is 1. The highest BCUT2D eigenvalue weighted by molar-refractivity contribution is 6.46. The lowest BCUT2D eigenvalue weighted by Gasteiger charge is -2.27. The maximum absolute atomic E-state index is 13.4. The van der Waals surface area contributed by atoms with Crippen LogP contribution in [0.15, 0.2) is 48.0 Å². The maximum atomic E-state index is 13.4. The zero-order valence-corrected chi connectivity index (χ0v) is 24.6. The number of carbonyl (C=O) groups excluding carboxylic acids is 2. The molecule has 8 nitrogen and oxygen atoms in total. The first-order valence-corrected chi connectivity index (χ1v) is 14.4. The SMILES string of the molecule is CCCCCOc1ccc(C2/C(=C(/O)c3ccc(OCC)cc3)C(=O)C(=O)N2CCCN(CC)CC)cc1OC. The number of hydrogen-bond donors (Lipinski definition) is 1. The number of aliphatic hydroxyl groups excluding tert-OH is 1. The van der Waals surface area contributed by atoms with E-state index in [4.69, 9.17) is 14.2 Å². The predicted molar refractivity (Wildman–Crippen MR) is 157 cm³/mol. The van der Waals surface area contributed by atoms with Crippen molar-refractivity contribution in [3.05, 3.63) is 59.2 Å². The predicted octanol–water partition coefficient (Wildman–Crippen LogP) is 5.82. The summed E-state index contributed by atoms with van der Waals surface area (Å²) in [5, 5.41) is 11.4. The molecular formula is C32H44N2O6. The summed E-state index contributed by atoms with van der Waals surface area (Å²) < 4.78 is 17.1. The van der Waals surface area contributed by atoms with Crippen molar-refractivity contribution >= 4 is 17.4 Å². The molecule has 0 aliphatic carbocycles. The third-order valence-electron chi connectivity index (χ3n) is 7.26. The van der Waals surface area contributed by atoms with Crippen LogP contribution in [0.1, 0.15) is 70.5 Å². The summed E-state index contributed by atoms with van der Waals surface area (Å²) in [6.07, 6.45) is 3.81. The van der Waals surface area contributed by atoms with Crippen LogP contribution in [0.2, 0.25) is 0 Å². The quantitative estimate of drug-likeness (QED) is 0.122. The van der Waals surface area contributed by atoms with E-state index in [0.29, 0.717) is 54.6 Å². The molecule has 0 spiro atoms. The number of Topliss-reactive ketones (excluding diaryl/α,β-unsaturated/α-hetero) is 1. The van der Waals surface area contributed by atoms with Crippen molar-refractivity contribution in [1.29, 1.82) is 0 Å². The molecule has 0 radical (unpaired) electrons. The van der Waals surface area contributed by atoms with Crippen LogP contribution in [0.25, 0.3) is 5.76 Å². The lowest BCUT2D eigenvalue weighted by molar-refractivity contribution is -0.140. The number of aliphatic hydroxyl groups is 1. The molecule has 1 unspecified atom stereocenters. The van der Waals surface area contributed by atoms with Crippen molar-refractivity contribution < 1.29 is 28.9 Å². The highest BCUT2D eigenvalue weighted by Gasteiger charge is 2.46. The minimum Gasteiger partial charge on any atom is -0.507 e. The number of unbranched alkanes of at least 4 members (excludes halogenated alkanes) is 2. The van der Waals surface area contributed by atoms with Gasteiger partial charge in [-0.2, -0.15) is 0 Å². The van der Waals surface area contributed by atoms with Gasteiger partial charge in [0, 0.05) is 12.1 Å². The molecule has 1 atom stereocenters. The standard InChI is InChI=1S/C32H44N2O6/c1-6-10-11-21-40-26-18-15-24(22-27(26)38-5)29-28(30(35)23-13-16-25(17-14-23)39-9-4)31(36)32(37)34(29)20-12-19-33(7-2)8-3/h13-18,22,29,35H,6-12,19-21H2,1-5H3/b30-28-. The number of nitrogens with zero attached hydrogens (tertiary/aromatic N) is 2. The van der Waals surface area contributed by atoms with Crippen molar-refractivity contribution in [3.8, 4) is 17.2 Å². The summed E-state index contributed by atoms with van der Waals surface area (Å²) in [6.45, 7) is 12.3. The van der Waals surface area contributed by atoms with Gasteiger partial charge in [0.1, 0.15) is 11.5 Å². The number of methoxy groups -OCH3 is 1. The summed E-state index contributed by atoms with van der Waals surface area (Å²) in [7, 11) is 1.57. The fourth-order valence-electron chi connectivity index (χ4n) is 5.00. The summed E-state index contributed by atoms with van der Waals surface area (Å²) in [6, 6.07) is 11.6. The van der Waals surface area contributed by atoms with Gasteiger partial charge in [-0.25, -0.2) is 0 Å². The Hall–Kier alpha value is -3.52. The van der Waals surface area contributed by atoms with Gasteiger partial charge in [0.15, 0.2) is 11.5 Å². The zero-order chi connectivity index (χ0) is 29.1. The van der Waals surface area contributed by atoms with E-state index in [-0.39, 0.29) is 11.3 Å². The van der Waals surface area contributed by atoms with Crippen molar-refractivity contribution in [2.45, 2.75) is 59.4 Å². The average Bonchev–Trinajstić information content (AvgIpc) is 3.22. The Kier molecular flexibility index (Phi) is 11.9. The minimum absolute atomic E-state index is 0.0654. The van der Waals surface area contributed by atoms with Gasteiger partial charge in [-0.05, 0) is 81.4 Å². The van der Waals surface area contributed by atoms with Crippen LogP contribution < -0.4 is 14.2 Å². The molecule has 1 heterocycles. The molecule has 0 aromatic heterocycles. The normalized spacial score (nSPS) is 16.6. The first-order valence-electron chi connectivity index (χ1n) is 14.4. The summed E-state index contributed by atoms with van der Waals surface area (Å²) in [4.78, 5) is 30.6. The van der Waals surface area contributed by atoms with Crippen LogP contribution in [-0.2, 0) is 9.59 Å². The van der Waals surface area contributed by atoms with Gasteiger partial charge in [-0.1, -0.05) is 39.7 Å². The monoisotopic (exact) mass is 552 g/mol. The largest absolute Gasteiger partial charge is 0.507 e. The van der Waals surface area contributed by atoms with Gasteiger partial charge < -0.3 is 29.1 Å². The highest BCUT2D eigenvalue weighted by atomic mass is 16.5. The van der Waals surface area contributed by atoms with Crippen molar-refractivity contribution in [2.24, 2.45) is 0 Å². The first-order chi connectivity index (χ1) is 19.4. The lowest BCUT2D eigenvalue weighted by atomic mass is 9.95. The van der Waals surface area contributed by atoms with E-state index in [1.165, 1.54) is 0 Å². The van der Waals surface area contributed by atoms with Crippen LogP contribution in [0.3, 0.4) is 0 Å². The third kappa shape index (κ3) is 7.36. The van der Waals surface area contributed by atoms with Gasteiger partial charge in [0.25, 0.3) is 11.7 Å². The lowest BCUT2D eigenvalue weighted by Crippen LogP contribution is -2.33. The summed E-state index contributed by atoms with van der Waals surface area (Å²) in [5.41, 5.74) is 1.18. The van der Waals surface area contributed by atoms with Crippen LogP contribution in [0.4, 0.5) is 0 Å². The van der Waals surface area contributed by atoms with E-state index in [9.17, 15) is 14.7 Å². The van der Waals surface area contributed by atoms with E-state index < -0.39 is 17.7 Å². The Bertz CT molecular complexity index is 1160. The average molecular weight is 553 g/mol. The second-order valence-electron chi connectivity index (χ2n) is 9.80. The van der Waals surface area contributed by atoms with Crippen molar-refractivity contribution in [2.75, 3.05) is 46.5 Å². The Balaban J connectivity index is 2.02. The van der Waals surface area contributed by atoms with E-state index in [0.717, 1.165) is 38.9 Å². The molecular weight excluding hydrogens is 508 g/mol. The molecule has 3 rings (SSSR count). The molecule has 1 aliphatic heterocycles. The highest BCUT2D eigenvalue weighted by Crippen LogP contribution is 2.42. The molecule has 0 bridgehead atoms. The summed E-state index contributed by atoms with van der Waals surface area (Å²) >= 11 is 0. The Morgan fingerprint density at radius 1 is 0.925 bits per heavy atom. The number of hydrogen-bond acceptors (Lipinski definition) is 7. The molecule has 0 saturated carbocycles. The molecule has 40 heavy (non-hydrogen) atoms. The number of ketones is 1. The number of rotatable bonds is 16. The molecule has 2 aromatic rings. The second kappa shape index (κ2) is 15.3. The number of benzene rings is 2. The Labute approximate surface area is 238 Å². The molecule has 1 amide bonds. The Morgan fingerprint density at radius 2 is 1.65 bits per heavy atom. The summed E-state index contributed by atoms with van der Waals surface area (Å²) in [5.74, 6) is 0.258. The molecule has 8 heteroatoms. The van der Waals surface area contributed by atoms with Gasteiger partial charge in [-0.3, -0.25) is 9.59 Å². The molecule has 218 valence electrons. The molecule has 2 aromatic carbocycles. The first kappa shape index (κ1) is 31.0. The van der Waals surface area contributed by atoms with Crippen LogP contribution >= 0.6 is 0 Å². The van der Waals surface area contributed by atoms with Crippen molar-refractivity contribution in [1.82, 2.24) is 9.80 Å². The fraction of sp³-hybridized carbons (Fsp3) is 0.500.